The van der Waals surface area contributed by atoms with Gasteiger partial charge in [-0.3, -0.25) is 4.79 Å². The molecule has 0 aliphatic rings. The molecule has 126 valence electrons. The second kappa shape index (κ2) is 12.0. The maximum atomic E-state index is 11.9. The molecule has 1 unspecified atom stereocenters. The molecule has 0 bridgehead atoms. The zero-order valence-electron chi connectivity index (χ0n) is 15.2. The van der Waals surface area contributed by atoms with Gasteiger partial charge in [0.2, 0.25) is 0 Å². The van der Waals surface area contributed by atoms with Gasteiger partial charge in [0.25, 0.3) is 0 Å². The smallest absolute Gasteiger partial charge is 0.306 e. The van der Waals surface area contributed by atoms with Crippen LogP contribution in [-0.4, -0.2) is 37.6 Å². The fourth-order valence-electron chi connectivity index (χ4n) is 2.32. The molecule has 0 saturated heterocycles. The van der Waals surface area contributed by atoms with Crippen LogP contribution in [0.3, 0.4) is 0 Å². The third kappa shape index (κ3) is 14.1. The van der Waals surface area contributed by atoms with Gasteiger partial charge in [0, 0.05) is 6.42 Å². The molecule has 0 aliphatic heterocycles. The number of esters is 1. The van der Waals surface area contributed by atoms with Crippen molar-refractivity contribution in [1.29, 1.82) is 0 Å². The summed E-state index contributed by atoms with van der Waals surface area (Å²) in [4.78, 5) is 14.0. The first kappa shape index (κ1) is 20.4. The van der Waals surface area contributed by atoms with Crippen molar-refractivity contribution in [2.45, 2.75) is 78.7 Å². The summed E-state index contributed by atoms with van der Waals surface area (Å²) in [6.07, 6.45) is 7.09. The minimum absolute atomic E-state index is 0.0184. The molecule has 0 amide bonds. The van der Waals surface area contributed by atoms with Crippen LogP contribution in [0.15, 0.2) is 0 Å². The molecule has 0 aliphatic carbocycles. The molecular formula is C18H37NO2. The van der Waals surface area contributed by atoms with Crippen molar-refractivity contribution < 1.29 is 9.53 Å². The predicted octanol–water partition coefficient (Wildman–Crippen LogP) is 4.50. The normalized spacial score (nSPS) is 13.2. The Morgan fingerprint density at radius 1 is 0.905 bits per heavy atom. The fourth-order valence-corrected chi connectivity index (χ4v) is 2.32. The van der Waals surface area contributed by atoms with E-state index < -0.39 is 0 Å². The molecule has 0 saturated carbocycles. The Labute approximate surface area is 132 Å². The first-order valence-corrected chi connectivity index (χ1v) is 8.65. The first-order chi connectivity index (χ1) is 9.81. The van der Waals surface area contributed by atoms with Gasteiger partial charge >= 0.3 is 5.97 Å². The van der Waals surface area contributed by atoms with Crippen LogP contribution in [0.4, 0.5) is 0 Å². The molecular weight excluding hydrogens is 262 g/mol. The number of carbonyl (C=O) groups is 1. The van der Waals surface area contributed by atoms with E-state index in [4.69, 9.17) is 4.74 Å². The van der Waals surface area contributed by atoms with E-state index in [2.05, 4.69) is 32.6 Å². The van der Waals surface area contributed by atoms with E-state index in [0.717, 1.165) is 44.6 Å². The Hall–Kier alpha value is -0.570. The third-order valence-electron chi connectivity index (χ3n) is 3.66. The Kier molecular flexibility index (Phi) is 11.7. The summed E-state index contributed by atoms with van der Waals surface area (Å²) in [6, 6.07) is 0. The maximum Gasteiger partial charge on any atom is 0.306 e. The van der Waals surface area contributed by atoms with E-state index in [0.29, 0.717) is 12.3 Å². The molecule has 3 heteroatoms. The molecule has 21 heavy (non-hydrogen) atoms. The summed E-state index contributed by atoms with van der Waals surface area (Å²) in [5.41, 5.74) is 0. The second-order valence-corrected chi connectivity index (χ2v) is 7.31. The van der Waals surface area contributed by atoms with Crippen LogP contribution in [0.2, 0.25) is 0 Å². The molecule has 1 atom stereocenters. The van der Waals surface area contributed by atoms with E-state index in [1.807, 2.05) is 14.1 Å². The Bertz CT molecular complexity index is 262. The standard InChI is InChI=1S/C18H37NO2/c1-15(2)9-7-10-17(13-12-16(3)4)21-18(20)11-8-14-19(5)6/h15-17H,7-14H2,1-6H3. The van der Waals surface area contributed by atoms with Gasteiger partial charge in [-0.1, -0.05) is 34.1 Å². The molecule has 0 aromatic carbocycles. The average molecular weight is 299 g/mol. The van der Waals surface area contributed by atoms with Crippen LogP contribution in [0.1, 0.15) is 72.6 Å². The Morgan fingerprint density at radius 2 is 1.52 bits per heavy atom. The lowest BCUT2D eigenvalue weighted by Gasteiger charge is -2.20. The van der Waals surface area contributed by atoms with Crippen LogP contribution >= 0.6 is 0 Å². The van der Waals surface area contributed by atoms with Gasteiger partial charge in [0.15, 0.2) is 0 Å². The topological polar surface area (TPSA) is 29.5 Å². The van der Waals surface area contributed by atoms with E-state index in [-0.39, 0.29) is 12.1 Å². The lowest BCUT2D eigenvalue weighted by Crippen LogP contribution is -2.20. The van der Waals surface area contributed by atoms with E-state index in [1.54, 1.807) is 0 Å². The van der Waals surface area contributed by atoms with Crippen LogP contribution in [0.25, 0.3) is 0 Å². The monoisotopic (exact) mass is 299 g/mol. The van der Waals surface area contributed by atoms with E-state index in [9.17, 15) is 4.79 Å². The van der Waals surface area contributed by atoms with Crippen molar-refractivity contribution in [3.05, 3.63) is 0 Å². The summed E-state index contributed by atoms with van der Waals surface area (Å²) in [6.45, 7) is 9.89. The molecule has 0 aromatic heterocycles. The van der Waals surface area contributed by atoms with Gasteiger partial charge in [0.05, 0.1) is 0 Å². The van der Waals surface area contributed by atoms with Crippen LogP contribution in [0.5, 0.6) is 0 Å². The Morgan fingerprint density at radius 3 is 2.05 bits per heavy atom. The molecule has 0 aromatic rings. The summed E-state index contributed by atoms with van der Waals surface area (Å²) in [5, 5.41) is 0. The van der Waals surface area contributed by atoms with Crippen molar-refractivity contribution in [2.24, 2.45) is 11.8 Å². The highest BCUT2D eigenvalue weighted by molar-refractivity contribution is 5.69. The van der Waals surface area contributed by atoms with Crippen molar-refractivity contribution in [1.82, 2.24) is 4.90 Å². The second-order valence-electron chi connectivity index (χ2n) is 7.31. The predicted molar refractivity (Wildman–Crippen MR) is 90.4 cm³/mol. The number of nitrogens with zero attached hydrogens (tertiary/aromatic N) is 1. The highest BCUT2D eigenvalue weighted by Gasteiger charge is 2.15. The quantitative estimate of drug-likeness (QED) is 0.497. The molecule has 0 N–H and O–H groups in total. The molecule has 3 nitrogen and oxygen atoms in total. The minimum Gasteiger partial charge on any atom is -0.462 e. The molecule has 0 spiro atoms. The lowest BCUT2D eigenvalue weighted by molar-refractivity contribution is -0.150. The summed E-state index contributed by atoms with van der Waals surface area (Å²) in [7, 11) is 4.06. The van der Waals surface area contributed by atoms with Crippen molar-refractivity contribution in [2.75, 3.05) is 20.6 Å². The van der Waals surface area contributed by atoms with E-state index in [1.165, 1.54) is 6.42 Å². The van der Waals surface area contributed by atoms with Crippen molar-refractivity contribution >= 4 is 5.97 Å². The van der Waals surface area contributed by atoms with Gasteiger partial charge in [-0.2, -0.15) is 0 Å². The maximum absolute atomic E-state index is 11.9. The summed E-state index contributed by atoms with van der Waals surface area (Å²) in [5.74, 6) is 1.38. The van der Waals surface area contributed by atoms with Crippen molar-refractivity contribution in [3.8, 4) is 0 Å². The Balaban J connectivity index is 4.08. The molecule has 0 radical (unpaired) electrons. The highest BCUT2D eigenvalue weighted by Crippen LogP contribution is 2.17. The SMILES string of the molecule is CC(C)CCCC(CCC(C)C)OC(=O)CCCN(C)C. The molecule has 0 fully saturated rings. The lowest BCUT2D eigenvalue weighted by atomic mass is 9.99. The number of hydrogen-bond donors (Lipinski definition) is 0. The van der Waals surface area contributed by atoms with Gasteiger partial charge < -0.3 is 9.64 Å². The molecule has 0 heterocycles. The zero-order valence-corrected chi connectivity index (χ0v) is 15.2. The van der Waals surface area contributed by atoms with Gasteiger partial charge in [-0.05, 0) is 64.6 Å². The van der Waals surface area contributed by atoms with Gasteiger partial charge in [-0.15, -0.1) is 0 Å². The summed E-state index contributed by atoms with van der Waals surface area (Å²) >= 11 is 0. The number of carbonyl (C=O) groups excluding carboxylic acids is 1. The highest BCUT2D eigenvalue weighted by atomic mass is 16.5. The number of ether oxygens (including phenoxy) is 1. The number of rotatable bonds is 12. The number of hydrogen-bond acceptors (Lipinski definition) is 3. The van der Waals surface area contributed by atoms with Crippen LogP contribution in [-0.2, 0) is 9.53 Å². The zero-order chi connectivity index (χ0) is 16.3. The average Bonchev–Trinajstić information content (AvgIpc) is 2.34. The van der Waals surface area contributed by atoms with Gasteiger partial charge in [0.1, 0.15) is 6.10 Å². The molecule has 0 rings (SSSR count). The van der Waals surface area contributed by atoms with Crippen molar-refractivity contribution in [3.63, 3.8) is 0 Å². The largest absolute Gasteiger partial charge is 0.462 e. The van der Waals surface area contributed by atoms with Crippen LogP contribution in [0, 0.1) is 11.8 Å². The first-order valence-electron chi connectivity index (χ1n) is 8.65. The fraction of sp³-hybridized carbons (Fsp3) is 0.944. The van der Waals surface area contributed by atoms with Gasteiger partial charge in [-0.25, -0.2) is 0 Å². The summed E-state index contributed by atoms with van der Waals surface area (Å²) < 4.78 is 5.71. The van der Waals surface area contributed by atoms with E-state index >= 15 is 0 Å². The minimum atomic E-state index is -0.0184. The third-order valence-corrected chi connectivity index (χ3v) is 3.66. The van der Waals surface area contributed by atoms with Crippen LogP contribution < -0.4 is 0 Å².